The van der Waals surface area contributed by atoms with E-state index in [2.05, 4.69) is 41.5 Å². The number of aromatic nitrogens is 1. The van der Waals surface area contributed by atoms with Crippen LogP contribution in [-0.4, -0.2) is 24.2 Å². The maximum Gasteiger partial charge on any atom is 0.0848 e. The summed E-state index contributed by atoms with van der Waals surface area (Å²) in [6.45, 7) is 3.08. The highest BCUT2D eigenvalue weighted by molar-refractivity contribution is 5.82. The largest absolute Gasteiger partial charge is 0.373 e. The van der Waals surface area contributed by atoms with Gasteiger partial charge in [-0.15, -0.1) is 0 Å². The first-order chi connectivity index (χ1) is 9.74. The van der Waals surface area contributed by atoms with E-state index < -0.39 is 0 Å². The third kappa shape index (κ3) is 2.32. The van der Waals surface area contributed by atoms with Crippen molar-refractivity contribution in [3.63, 3.8) is 0 Å². The number of ether oxygens (including phenoxy) is 1. The van der Waals surface area contributed by atoms with Gasteiger partial charge in [-0.2, -0.15) is 0 Å². The summed E-state index contributed by atoms with van der Waals surface area (Å²) < 4.78 is 6.14. The van der Waals surface area contributed by atoms with Crippen LogP contribution in [0.2, 0.25) is 0 Å². The Balaban J connectivity index is 2.07. The van der Waals surface area contributed by atoms with Gasteiger partial charge in [0, 0.05) is 18.2 Å². The van der Waals surface area contributed by atoms with E-state index in [1.165, 1.54) is 23.8 Å². The van der Waals surface area contributed by atoms with Crippen LogP contribution < -0.4 is 5.32 Å². The molecule has 1 saturated heterocycles. The molecule has 0 aliphatic carbocycles. The van der Waals surface area contributed by atoms with Gasteiger partial charge in [0.05, 0.1) is 17.2 Å². The number of pyridine rings is 1. The van der Waals surface area contributed by atoms with Crippen LogP contribution in [0.15, 0.2) is 36.5 Å². The zero-order chi connectivity index (χ0) is 14.0. The van der Waals surface area contributed by atoms with Crippen molar-refractivity contribution in [3.8, 4) is 0 Å². The molecular formula is C17H22N2O. The number of hydrogen-bond acceptors (Lipinski definition) is 3. The van der Waals surface area contributed by atoms with Crippen molar-refractivity contribution in [2.24, 2.45) is 0 Å². The fourth-order valence-corrected chi connectivity index (χ4v) is 3.35. The number of fused-ring (bicyclic) bond motifs is 1. The summed E-state index contributed by atoms with van der Waals surface area (Å²) in [5.41, 5.74) is 2.18. The number of nitrogens with zero attached hydrogens (tertiary/aromatic N) is 1. The van der Waals surface area contributed by atoms with E-state index in [0.717, 1.165) is 18.5 Å². The Morgan fingerprint density at radius 3 is 2.90 bits per heavy atom. The highest BCUT2D eigenvalue weighted by Crippen LogP contribution is 2.38. The summed E-state index contributed by atoms with van der Waals surface area (Å²) in [5, 5.41) is 4.68. The van der Waals surface area contributed by atoms with Crippen LogP contribution in [0.3, 0.4) is 0 Å². The first kappa shape index (κ1) is 13.5. The highest BCUT2D eigenvalue weighted by atomic mass is 16.5. The average Bonchev–Trinajstić information content (AvgIpc) is 2.49. The van der Waals surface area contributed by atoms with Crippen molar-refractivity contribution >= 4 is 10.9 Å². The summed E-state index contributed by atoms with van der Waals surface area (Å²) in [7, 11) is 2.02. The van der Waals surface area contributed by atoms with Gasteiger partial charge >= 0.3 is 0 Å². The molecule has 0 spiro atoms. The molecule has 3 heteroatoms. The lowest BCUT2D eigenvalue weighted by Crippen LogP contribution is -2.44. The van der Waals surface area contributed by atoms with Crippen LogP contribution in [-0.2, 0) is 4.74 Å². The minimum atomic E-state index is -0.142. The summed E-state index contributed by atoms with van der Waals surface area (Å²) in [5.74, 6) is 0. The van der Waals surface area contributed by atoms with E-state index in [1.54, 1.807) is 0 Å². The number of hydrogen-bond donors (Lipinski definition) is 1. The molecule has 2 unspecified atom stereocenters. The molecule has 2 heterocycles. The van der Waals surface area contributed by atoms with E-state index in [1.807, 2.05) is 19.3 Å². The fourth-order valence-electron chi connectivity index (χ4n) is 3.35. The molecule has 1 aromatic carbocycles. The predicted molar refractivity (Wildman–Crippen MR) is 81.8 cm³/mol. The zero-order valence-corrected chi connectivity index (χ0v) is 12.2. The smallest absolute Gasteiger partial charge is 0.0848 e. The molecule has 3 rings (SSSR count). The van der Waals surface area contributed by atoms with Gasteiger partial charge in [-0.05, 0) is 50.9 Å². The Morgan fingerprint density at radius 2 is 2.15 bits per heavy atom. The Hall–Kier alpha value is -1.45. The second kappa shape index (κ2) is 5.51. The van der Waals surface area contributed by atoms with E-state index in [4.69, 9.17) is 4.74 Å². The zero-order valence-electron chi connectivity index (χ0n) is 12.2. The second-order valence-corrected chi connectivity index (χ2v) is 5.76. The summed E-state index contributed by atoms with van der Waals surface area (Å²) >= 11 is 0. The van der Waals surface area contributed by atoms with Crippen molar-refractivity contribution in [3.05, 3.63) is 42.1 Å². The van der Waals surface area contributed by atoms with Crippen LogP contribution in [0.4, 0.5) is 0 Å². The van der Waals surface area contributed by atoms with Crippen LogP contribution in [0.25, 0.3) is 10.9 Å². The molecule has 2 atom stereocenters. The lowest BCUT2D eigenvalue weighted by atomic mass is 9.83. The molecular weight excluding hydrogens is 248 g/mol. The van der Waals surface area contributed by atoms with E-state index >= 15 is 0 Å². The maximum atomic E-state index is 6.14. The summed E-state index contributed by atoms with van der Waals surface area (Å²) in [6.07, 6.45) is 5.34. The van der Waals surface area contributed by atoms with Crippen molar-refractivity contribution in [2.45, 2.75) is 37.8 Å². The van der Waals surface area contributed by atoms with Crippen molar-refractivity contribution in [1.29, 1.82) is 0 Å². The third-order valence-electron chi connectivity index (χ3n) is 4.39. The van der Waals surface area contributed by atoms with E-state index in [-0.39, 0.29) is 11.6 Å². The van der Waals surface area contributed by atoms with Gasteiger partial charge < -0.3 is 10.1 Å². The molecule has 0 saturated carbocycles. The molecule has 106 valence electrons. The number of nitrogens with one attached hydrogen (secondary N) is 1. The molecule has 2 aromatic rings. The van der Waals surface area contributed by atoms with Gasteiger partial charge in [-0.3, -0.25) is 4.98 Å². The van der Waals surface area contributed by atoms with Crippen molar-refractivity contribution in [2.75, 3.05) is 13.7 Å². The Labute approximate surface area is 120 Å². The number of rotatable bonds is 3. The average molecular weight is 270 g/mol. The third-order valence-corrected chi connectivity index (χ3v) is 4.39. The lowest BCUT2D eigenvalue weighted by Gasteiger charge is -2.41. The van der Waals surface area contributed by atoms with Crippen molar-refractivity contribution in [1.82, 2.24) is 10.3 Å². The molecule has 0 bridgehead atoms. The van der Waals surface area contributed by atoms with Gasteiger partial charge in [0.25, 0.3) is 0 Å². The second-order valence-electron chi connectivity index (χ2n) is 5.76. The minimum absolute atomic E-state index is 0.142. The van der Waals surface area contributed by atoms with Gasteiger partial charge in [0.15, 0.2) is 0 Å². The monoisotopic (exact) mass is 270 g/mol. The predicted octanol–water partition coefficient (Wildman–Crippen LogP) is 3.45. The van der Waals surface area contributed by atoms with Gasteiger partial charge in [-0.25, -0.2) is 0 Å². The molecule has 1 aliphatic rings. The topological polar surface area (TPSA) is 34.2 Å². The van der Waals surface area contributed by atoms with E-state index in [0.29, 0.717) is 0 Å². The van der Waals surface area contributed by atoms with Crippen LogP contribution in [0.1, 0.15) is 37.8 Å². The lowest BCUT2D eigenvalue weighted by molar-refractivity contribution is -0.0881. The standard InChI is InChI=1S/C17H22N2O/c1-17(10-3-4-12-20-17)16(18-2)14-7-5-9-15-13(14)8-6-11-19-15/h5-9,11,16,18H,3-4,10,12H2,1-2H3. The molecule has 20 heavy (non-hydrogen) atoms. The quantitative estimate of drug-likeness (QED) is 0.927. The Morgan fingerprint density at radius 1 is 1.25 bits per heavy atom. The number of benzene rings is 1. The Kier molecular flexibility index (Phi) is 3.72. The van der Waals surface area contributed by atoms with Crippen LogP contribution >= 0.6 is 0 Å². The summed E-state index contributed by atoms with van der Waals surface area (Å²) in [6, 6.07) is 10.7. The summed E-state index contributed by atoms with van der Waals surface area (Å²) in [4.78, 5) is 4.46. The first-order valence-electron chi connectivity index (χ1n) is 7.39. The number of likely N-dealkylation sites (N-methyl/N-ethyl adjacent to an activating group) is 1. The molecule has 1 aromatic heterocycles. The highest BCUT2D eigenvalue weighted by Gasteiger charge is 2.37. The van der Waals surface area contributed by atoms with Crippen LogP contribution in [0.5, 0.6) is 0 Å². The molecule has 0 radical (unpaired) electrons. The SMILES string of the molecule is CNC(c1cccc2ncccc12)C1(C)CCCCO1. The van der Waals surface area contributed by atoms with Gasteiger partial charge in [-0.1, -0.05) is 18.2 Å². The molecule has 1 N–H and O–H groups in total. The van der Waals surface area contributed by atoms with Crippen molar-refractivity contribution < 1.29 is 4.74 Å². The van der Waals surface area contributed by atoms with E-state index in [9.17, 15) is 0 Å². The molecule has 3 nitrogen and oxygen atoms in total. The normalized spacial score (nSPS) is 24.7. The first-order valence-corrected chi connectivity index (χ1v) is 7.39. The molecule has 1 aliphatic heterocycles. The molecule has 1 fully saturated rings. The van der Waals surface area contributed by atoms with Gasteiger partial charge in [0.1, 0.15) is 0 Å². The maximum absolute atomic E-state index is 6.14. The Bertz CT molecular complexity index is 585. The van der Waals surface area contributed by atoms with Gasteiger partial charge in [0.2, 0.25) is 0 Å². The minimum Gasteiger partial charge on any atom is -0.373 e. The fraction of sp³-hybridized carbons (Fsp3) is 0.471. The van der Waals surface area contributed by atoms with Crippen LogP contribution in [0, 0.1) is 0 Å². The molecule has 0 amide bonds.